The highest BCUT2D eigenvalue weighted by Gasteiger charge is 1.98. The van der Waals surface area contributed by atoms with Crippen LogP contribution in [0.5, 0.6) is 11.8 Å². The molecule has 0 aliphatic rings. The summed E-state index contributed by atoms with van der Waals surface area (Å²) in [5, 5.41) is 0. The Hall–Kier alpha value is -3.99. The first-order chi connectivity index (χ1) is 18.8. The van der Waals surface area contributed by atoms with Crippen LogP contribution >= 0.6 is 0 Å². The average Bonchev–Trinajstić information content (AvgIpc) is 2.96. The Morgan fingerprint density at radius 3 is 1.45 bits per heavy atom. The third-order valence-electron chi connectivity index (χ3n) is 4.71. The van der Waals surface area contributed by atoms with Crippen LogP contribution in [0.1, 0.15) is 22.5 Å². The van der Waals surface area contributed by atoms with E-state index in [-0.39, 0.29) is 0 Å². The molecule has 9 heteroatoms. The molecular formula is C29H31N3O6. The van der Waals surface area contributed by atoms with E-state index in [2.05, 4.69) is 38.6 Å². The first-order valence-electron chi connectivity index (χ1n) is 12.1. The maximum Gasteiger partial charge on any atom is 0.213 e. The first kappa shape index (κ1) is 28.6. The van der Waals surface area contributed by atoms with Crippen LogP contribution in [0.3, 0.4) is 0 Å². The maximum atomic E-state index is 5.55. The van der Waals surface area contributed by atoms with Crippen LogP contribution in [0.15, 0.2) is 54.9 Å². The van der Waals surface area contributed by atoms with Gasteiger partial charge in [0, 0.05) is 49.9 Å². The molecule has 3 aromatic rings. The van der Waals surface area contributed by atoms with Crippen LogP contribution in [-0.2, 0) is 18.9 Å². The van der Waals surface area contributed by atoms with E-state index in [0.717, 1.165) is 11.1 Å². The number of rotatable bonds is 14. The molecule has 0 radical (unpaired) electrons. The molecule has 0 unspecified atom stereocenters. The van der Waals surface area contributed by atoms with E-state index in [1.807, 2.05) is 30.3 Å². The summed E-state index contributed by atoms with van der Waals surface area (Å²) in [4.78, 5) is 13.0. The van der Waals surface area contributed by atoms with Crippen LogP contribution in [0.25, 0.3) is 0 Å². The van der Waals surface area contributed by atoms with Crippen molar-refractivity contribution in [2.24, 2.45) is 0 Å². The Balaban J connectivity index is 1.47. The standard InChI is InChI=1S/C29H31N3O6/c1-33-14-16-35-18-20-37-28-12-8-24(22-30-28)6-10-26-4-3-5-27(32-26)11-7-25-9-13-29(31-23-25)38-21-19-36-17-15-34-2/h3-5,8-9,12-13,22-23H,14-21H2,1-2H3. The normalized spacial score (nSPS) is 10.2. The maximum absolute atomic E-state index is 5.55. The van der Waals surface area contributed by atoms with E-state index in [4.69, 9.17) is 28.4 Å². The van der Waals surface area contributed by atoms with Gasteiger partial charge in [-0.05, 0) is 36.1 Å². The minimum atomic E-state index is 0.415. The van der Waals surface area contributed by atoms with Gasteiger partial charge >= 0.3 is 0 Å². The smallest absolute Gasteiger partial charge is 0.213 e. The van der Waals surface area contributed by atoms with E-state index in [9.17, 15) is 0 Å². The van der Waals surface area contributed by atoms with Crippen LogP contribution in [0.4, 0.5) is 0 Å². The lowest BCUT2D eigenvalue weighted by Gasteiger charge is -2.05. The third kappa shape index (κ3) is 11.4. The largest absolute Gasteiger partial charge is 0.475 e. The molecular weight excluding hydrogens is 486 g/mol. The van der Waals surface area contributed by atoms with Crippen molar-refractivity contribution < 1.29 is 28.4 Å². The zero-order valence-electron chi connectivity index (χ0n) is 21.6. The minimum Gasteiger partial charge on any atom is -0.475 e. The van der Waals surface area contributed by atoms with Gasteiger partial charge in [-0.2, -0.15) is 0 Å². The van der Waals surface area contributed by atoms with Gasteiger partial charge < -0.3 is 28.4 Å². The fraction of sp³-hybridized carbons (Fsp3) is 0.345. The van der Waals surface area contributed by atoms with Crippen molar-refractivity contribution in [2.45, 2.75) is 0 Å². The number of hydrogen-bond acceptors (Lipinski definition) is 9. The Kier molecular flexibility index (Phi) is 13.1. The second-order valence-corrected chi connectivity index (χ2v) is 7.59. The monoisotopic (exact) mass is 517 g/mol. The summed E-state index contributed by atoms with van der Waals surface area (Å²) in [6, 6.07) is 12.8. The van der Waals surface area contributed by atoms with Gasteiger partial charge in [-0.1, -0.05) is 17.9 Å². The number of hydrogen-bond donors (Lipinski definition) is 0. The second kappa shape index (κ2) is 17.5. The van der Waals surface area contributed by atoms with Gasteiger partial charge in [-0.3, -0.25) is 0 Å². The molecule has 0 atom stereocenters. The number of ether oxygens (including phenoxy) is 6. The van der Waals surface area contributed by atoms with E-state index >= 15 is 0 Å². The molecule has 0 N–H and O–H groups in total. The van der Waals surface area contributed by atoms with Crippen molar-refractivity contribution in [1.82, 2.24) is 15.0 Å². The molecule has 0 saturated carbocycles. The topological polar surface area (TPSA) is 94.1 Å². The molecule has 0 amide bonds. The summed E-state index contributed by atoms with van der Waals surface area (Å²) in [5.41, 5.74) is 2.73. The van der Waals surface area contributed by atoms with Gasteiger partial charge in [0.1, 0.15) is 24.6 Å². The van der Waals surface area contributed by atoms with Gasteiger partial charge in [0.05, 0.1) is 39.6 Å². The van der Waals surface area contributed by atoms with Crippen molar-refractivity contribution in [3.8, 4) is 35.4 Å². The summed E-state index contributed by atoms with van der Waals surface area (Å²) in [6.07, 6.45) is 3.32. The first-order valence-corrected chi connectivity index (χ1v) is 12.1. The number of pyridine rings is 3. The molecule has 198 valence electrons. The van der Waals surface area contributed by atoms with E-state index < -0.39 is 0 Å². The third-order valence-corrected chi connectivity index (χ3v) is 4.71. The van der Waals surface area contributed by atoms with E-state index in [1.165, 1.54) is 0 Å². The van der Waals surface area contributed by atoms with Crippen LogP contribution in [0, 0.1) is 23.7 Å². The molecule has 3 aromatic heterocycles. The SMILES string of the molecule is COCCOCCOc1ccc(C#Cc2cccc(C#Cc3ccc(OCCOCCOC)nc3)n2)cn1. The molecule has 0 aromatic carbocycles. The lowest BCUT2D eigenvalue weighted by molar-refractivity contribution is 0.0537. The highest BCUT2D eigenvalue weighted by atomic mass is 16.5. The molecule has 0 aliphatic heterocycles. The molecule has 38 heavy (non-hydrogen) atoms. The molecule has 0 aliphatic carbocycles. The fourth-order valence-corrected chi connectivity index (χ4v) is 2.82. The molecule has 0 saturated heterocycles. The predicted molar refractivity (Wildman–Crippen MR) is 141 cm³/mol. The lowest BCUT2D eigenvalue weighted by Crippen LogP contribution is -2.10. The Morgan fingerprint density at radius 1 is 0.553 bits per heavy atom. The van der Waals surface area contributed by atoms with Gasteiger partial charge in [0.2, 0.25) is 11.8 Å². The molecule has 3 rings (SSSR count). The highest BCUT2D eigenvalue weighted by molar-refractivity contribution is 5.43. The van der Waals surface area contributed by atoms with Crippen molar-refractivity contribution in [3.63, 3.8) is 0 Å². The van der Waals surface area contributed by atoms with Crippen molar-refractivity contribution >= 4 is 0 Å². The van der Waals surface area contributed by atoms with Crippen LogP contribution in [0.2, 0.25) is 0 Å². The van der Waals surface area contributed by atoms with Gasteiger partial charge in [0.25, 0.3) is 0 Å². The summed E-state index contributed by atoms with van der Waals surface area (Å²) in [5.74, 6) is 13.2. The van der Waals surface area contributed by atoms with E-state index in [1.54, 1.807) is 38.7 Å². The van der Waals surface area contributed by atoms with Crippen LogP contribution < -0.4 is 9.47 Å². The van der Waals surface area contributed by atoms with Gasteiger partial charge in [-0.25, -0.2) is 15.0 Å². The fourth-order valence-electron chi connectivity index (χ4n) is 2.82. The zero-order valence-corrected chi connectivity index (χ0v) is 21.6. The number of aromatic nitrogens is 3. The Bertz CT molecular complexity index is 1120. The number of methoxy groups -OCH3 is 2. The molecule has 0 spiro atoms. The second-order valence-electron chi connectivity index (χ2n) is 7.59. The minimum absolute atomic E-state index is 0.415. The Labute approximate surface area is 223 Å². The molecule has 0 fully saturated rings. The quantitative estimate of drug-likeness (QED) is 0.236. The average molecular weight is 518 g/mol. The van der Waals surface area contributed by atoms with Gasteiger partial charge in [0.15, 0.2) is 0 Å². The lowest BCUT2D eigenvalue weighted by atomic mass is 10.2. The van der Waals surface area contributed by atoms with Crippen molar-refractivity contribution in [1.29, 1.82) is 0 Å². The van der Waals surface area contributed by atoms with Gasteiger partial charge in [-0.15, -0.1) is 0 Å². The summed E-state index contributed by atoms with van der Waals surface area (Å²) < 4.78 is 31.7. The highest BCUT2D eigenvalue weighted by Crippen LogP contribution is 2.08. The molecule has 3 heterocycles. The number of nitrogens with zero attached hydrogens (tertiary/aromatic N) is 3. The summed E-state index contributed by atoms with van der Waals surface area (Å²) in [6.45, 7) is 3.97. The predicted octanol–water partition coefficient (Wildman–Crippen LogP) is 2.75. The molecule has 9 nitrogen and oxygen atoms in total. The molecule has 0 bridgehead atoms. The Morgan fingerprint density at radius 2 is 1.03 bits per heavy atom. The van der Waals surface area contributed by atoms with E-state index in [0.29, 0.717) is 76.0 Å². The zero-order chi connectivity index (χ0) is 26.7. The summed E-state index contributed by atoms with van der Waals surface area (Å²) in [7, 11) is 3.27. The van der Waals surface area contributed by atoms with Crippen LogP contribution in [-0.4, -0.2) is 82.0 Å². The van der Waals surface area contributed by atoms with Crippen molar-refractivity contribution in [2.75, 3.05) is 67.1 Å². The van der Waals surface area contributed by atoms with Crippen molar-refractivity contribution in [3.05, 3.63) is 77.4 Å². The summed E-state index contributed by atoms with van der Waals surface area (Å²) >= 11 is 0.